The van der Waals surface area contributed by atoms with Gasteiger partial charge in [0, 0.05) is 6.54 Å². The fourth-order valence-corrected chi connectivity index (χ4v) is 2.86. The number of amides is 1. The van der Waals surface area contributed by atoms with Crippen LogP contribution in [0.25, 0.3) is 0 Å². The van der Waals surface area contributed by atoms with Gasteiger partial charge in [-0.2, -0.15) is 0 Å². The molecule has 0 bridgehead atoms. The molecule has 0 aromatic heterocycles. The zero-order chi connectivity index (χ0) is 16.1. The van der Waals surface area contributed by atoms with E-state index in [-0.39, 0.29) is 12.0 Å². The highest BCUT2D eigenvalue weighted by molar-refractivity contribution is 5.97. The third-order valence-electron chi connectivity index (χ3n) is 4.05. The van der Waals surface area contributed by atoms with Crippen LogP contribution in [0.15, 0.2) is 54.6 Å². The van der Waals surface area contributed by atoms with Crippen LogP contribution in [0.2, 0.25) is 0 Å². The van der Waals surface area contributed by atoms with E-state index >= 15 is 0 Å². The van der Waals surface area contributed by atoms with E-state index in [1.807, 2.05) is 66.5 Å². The SMILES string of the molecule is CNCCC1CN(Cc2ccccc2)C(=O)c2ccccc2O1. The molecule has 1 aliphatic rings. The number of para-hydroxylation sites is 1. The smallest absolute Gasteiger partial charge is 0.258 e. The molecule has 2 aromatic rings. The molecule has 4 nitrogen and oxygen atoms in total. The van der Waals surface area contributed by atoms with E-state index in [1.54, 1.807) is 0 Å². The molecule has 1 amide bonds. The van der Waals surface area contributed by atoms with Gasteiger partial charge in [-0.25, -0.2) is 0 Å². The molecule has 0 aliphatic carbocycles. The Morgan fingerprint density at radius 1 is 1.13 bits per heavy atom. The number of ether oxygens (including phenoxy) is 1. The lowest BCUT2D eigenvalue weighted by molar-refractivity contribution is 0.0689. The molecule has 0 radical (unpaired) electrons. The first-order chi connectivity index (χ1) is 11.3. The number of benzene rings is 2. The lowest BCUT2D eigenvalue weighted by atomic mass is 10.1. The summed E-state index contributed by atoms with van der Waals surface area (Å²) in [5.74, 6) is 0.727. The maximum atomic E-state index is 12.9. The van der Waals surface area contributed by atoms with Crippen LogP contribution in [0.3, 0.4) is 0 Å². The van der Waals surface area contributed by atoms with E-state index in [9.17, 15) is 4.79 Å². The van der Waals surface area contributed by atoms with Gasteiger partial charge in [0.15, 0.2) is 0 Å². The number of carbonyl (C=O) groups excluding carboxylic acids is 1. The third-order valence-corrected chi connectivity index (χ3v) is 4.05. The zero-order valence-electron chi connectivity index (χ0n) is 13.4. The molecule has 0 fully saturated rings. The molecule has 3 rings (SSSR count). The third kappa shape index (κ3) is 3.71. The lowest BCUT2D eigenvalue weighted by Crippen LogP contribution is -2.37. The molecule has 4 heteroatoms. The van der Waals surface area contributed by atoms with Gasteiger partial charge in [-0.3, -0.25) is 4.79 Å². The second-order valence-electron chi connectivity index (χ2n) is 5.80. The van der Waals surface area contributed by atoms with Crippen molar-refractivity contribution in [1.29, 1.82) is 0 Å². The summed E-state index contributed by atoms with van der Waals surface area (Å²) in [7, 11) is 1.93. The Morgan fingerprint density at radius 3 is 2.65 bits per heavy atom. The number of nitrogens with zero attached hydrogens (tertiary/aromatic N) is 1. The Balaban J connectivity index is 1.86. The van der Waals surface area contributed by atoms with Gasteiger partial charge in [0.2, 0.25) is 0 Å². The summed E-state index contributed by atoms with van der Waals surface area (Å²) < 4.78 is 6.09. The summed E-state index contributed by atoms with van der Waals surface area (Å²) in [5, 5.41) is 3.15. The Bertz CT molecular complexity index is 657. The molecule has 1 atom stereocenters. The predicted molar refractivity (Wildman–Crippen MR) is 90.6 cm³/mol. The van der Waals surface area contributed by atoms with Crippen molar-refractivity contribution in [2.24, 2.45) is 0 Å². The van der Waals surface area contributed by atoms with E-state index < -0.39 is 0 Å². The summed E-state index contributed by atoms with van der Waals surface area (Å²) in [6.07, 6.45) is 0.863. The minimum absolute atomic E-state index is 0.00115. The van der Waals surface area contributed by atoms with Crippen molar-refractivity contribution in [3.63, 3.8) is 0 Å². The van der Waals surface area contributed by atoms with Gasteiger partial charge in [0.25, 0.3) is 5.91 Å². The fourth-order valence-electron chi connectivity index (χ4n) is 2.86. The largest absolute Gasteiger partial charge is 0.488 e. The quantitative estimate of drug-likeness (QED) is 0.923. The average molecular weight is 310 g/mol. The Labute approximate surface area is 137 Å². The van der Waals surface area contributed by atoms with Crippen LogP contribution in [0.1, 0.15) is 22.3 Å². The number of carbonyl (C=O) groups is 1. The second kappa shape index (κ2) is 7.29. The van der Waals surface area contributed by atoms with Gasteiger partial charge in [-0.1, -0.05) is 42.5 Å². The van der Waals surface area contributed by atoms with E-state index in [2.05, 4.69) is 5.32 Å². The summed E-state index contributed by atoms with van der Waals surface area (Å²) in [6, 6.07) is 17.6. The lowest BCUT2D eigenvalue weighted by Gasteiger charge is -2.24. The van der Waals surface area contributed by atoms with Crippen LogP contribution in [0, 0.1) is 0 Å². The van der Waals surface area contributed by atoms with Crippen molar-refractivity contribution in [2.75, 3.05) is 20.1 Å². The molecule has 0 saturated carbocycles. The second-order valence-corrected chi connectivity index (χ2v) is 5.80. The number of nitrogens with one attached hydrogen (secondary N) is 1. The highest BCUT2D eigenvalue weighted by atomic mass is 16.5. The fraction of sp³-hybridized carbons (Fsp3) is 0.316. The Hall–Kier alpha value is -2.33. The molecule has 1 N–H and O–H groups in total. The molecule has 0 spiro atoms. The summed E-state index contributed by atoms with van der Waals surface area (Å²) in [5.41, 5.74) is 1.78. The summed E-state index contributed by atoms with van der Waals surface area (Å²) in [6.45, 7) is 2.07. The van der Waals surface area contributed by atoms with E-state index in [4.69, 9.17) is 4.74 Å². The minimum atomic E-state index is -0.00115. The Morgan fingerprint density at radius 2 is 1.87 bits per heavy atom. The van der Waals surface area contributed by atoms with Gasteiger partial charge >= 0.3 is 0 Å². The van der Waals surface area contributed by atoms with Crippen LogP contribution in [0.4, 0.5) is 0 Å². The first-order valence-electron chi connectivity index (χ1n) is 8.01. The monoisotopic (exact) mass is 310 g/mol. The number of fused-ring (bicyclic) bond motifs is 1. The summed E-state index contributed by atoms with van der Waals surface area (Å²) in [4.78, 5) is 14.8. The molecule has 2 aromatic carbocycles. The van der Waals surface area contributed by atoms with E-state index in [0.29, 0.717) is 24.4 Å². The molecular weight excluding hydrogens is 288 g/mol. The molecule has 1 aliphatic heterocycles. The summed E-state index contributed by atoms with van der Waals surface area (Å²) >= 11 is 0. The molecule has 120 valence electrons. The van der Waals surface area contributed by atoms with E-state index in [1.165, 1.54) is 0 Å². The van der Waals surface area contributed by atoms with Gasteiger partial charge in [-0.15, -0.1) is 0 Å². The molecule has 0 saturated heterocycles. The van der Waals surface area contributed by atoms with Gasteiger partial charge < -0.3 is 15.0 Å². The number of hydrogen-bond acceptors (Lipinski definition) is 3. The van der Waals surface area contributed by atoms with Gasteiger partial charge in [0.1, 0.15) is 11.9 Å². The number of hydrogen-bond donors (Lipinski definition) is 1. The van der Waals surface area contributed by atoms with Crippen molar-refractivity contribution < 1.29 is 9.53 Å². The van der Waals surface area contributed by atoms with Crippen LogP contribution < -0.4 is 10.1 Å². The van der Waals surface area contributed by atoms with Crippen molar-refractivity contribution >= 4 is 5.91 Å². The maximum Gasteiger partial charge on any atom is 0.258 e. The van der Waals surface area contributed by atoms with Crippen LogP contribution in [-0.4, -0.2) is 37.0 Å². The first kappa shape index (κ1) is 15.6. The predicted octanol–water partition coefficient (Wildman–Crippen LogP) is 2.70. The molecule has 1 heterocycles. The first-order valence-corrected chi connectivity index (χ1v) is 8.01. The standard InChI is InChI=1S/C19H22N2O2/c1-20-12-11-16-14-21(13-15-7-3-2-4-8-15)19(22)17-9-5-6-10-18(17)23-16/h2-10,16,20H,11-14H2,1H3. The highest BCUT2D eigenvalue weighted by Crippen LogP contribution is 2.26. The van der Waals surface area contributed by atoms with Gasteiger partial charge in [0.05, 0.1) is 12.1 Å². The van der Waals surface area contributed by atoms with Crippen LogP contribution in [-0.2, 0) is 6.54 Å². The normalized spacial score (nSPS) is 17.3. The number of rotatable bonds is 5. The molecular formula is C19H22N2O2. The van der Waals surface area contributed by atoms with E-state index in [0.717, 1.165) is 18.5 Å². The topological polar surface area (TPSA) is 41.6 Å². The average Bonchev–Trinajstić information content (AvgIpc) is 2.72. The Kier molecular flexibility index (Phi) is 4.93. The zero-order valence-corrected chi connectivity index (χ0v) is 13.4. The maximum absolute atomic E-state index is 12.9. The van der Waals surface area contributed by atoms with Crippen molar-refractivity contribution in [3.8, 4) is 5.75 Å². The van der Waals surface area contributed by atoms with Gasteiger partial charge in [-0.05, 0) is 37.7 Å². The van der Waals surface area contributed by atoms with Crippen molar-refractivity contribution in [3.05, 3.63) is 65.7 Å². The highest BCUT2D eigenvalue weighted by Gasteiger charge is 2.28. The van der Waals surface area contributed by atoms with Crippen LogP contribution in [0.5, 0.6) is 5.75 Å². The molecule has 23 heavy (non-hydrogen) atoms. The van der Waals surface area contributed by atoms with Crippen molar-refractivity contribution in [2.45, 2.75) is 19.1 Å². The van der Waals surface area contributed by atoms with Crippen molar-refractivity contribution in [1.82, 2.24) is 10.2 Å². The molecule has 1 unspecified atom stereocenters. The minimum Gasteiger partial charge on any atom is -0.488 e. The van der Waals surface area contributed by atoms with Crippen LogP contribution >= 0.6 is 0 Å².